The van der Waals surface area contributed by atoms with Crippen LogP contribution < -0.4 is 5.73 Å². The van der Waals surface area contributed by atoms with E-state index in [9.17, 15) is 4.79 Å². The van der Waals surface area contributed by atoms with E-state index >= 15 is 0 Å². The number of rotatable bonds is 3. The van der Waals surface area contributed by atoms with Crippen LogP contribution in [0.2, 0.25) is 0 Å². The molecule has 2 heterocycles. The third-order valence-corrected chi connectivity index (χ3v) is 4.88. The van der Waals surface area contributed by atoms with Gasteiger partial charge in [-0.2, -0.15) is 11.8 Å². The monoisotopic (exact) mass is 284 g/mol. The lowest BCUT2D eigenvalue weighted by Crippen LogP contribution is -2.51. The van der Waals surface area contributed by atoms with Crippen LogP contribution in [-0.2, 0) is 0 Å². The number of carbonyl (C=O) groups excluding carboxylic acids is 1. The van der Waals surface area contributed by atoms with Crippen molar-refractivity contribution in [3.63, 3.8) is 0 Å². The zero-order valence-electron chi connectivity index (χ0n) is 10.6. The zero-order valence-corrected chi connectivity index (χ0v) is 11.4. The number of hydrogen-bond donors (Lipinski definition) is 2. The van der Waals surface area contributed by atoms with Crippen LogP contribution in [0.3, 0.4) is 0 Å². The van der Waals surface area contributed by atoms with Crippen LogP contribution in [0.5, 0.6) is 0 Å². The van der Waals surface area contributed by atoms with Gasteiger partial charge in [-0.05, 0) is 19.1 Å². The van der Waals surface area contributed by atoms with Gasteiger partial charge in [0, 0.05) is 19.2 Å². The van der Waals surface area contributed by atoms with Crippen LogP contribution in [0.4, 0.5) is 0 Å². The molecule has 2 rings (SSSR count). The van der Waals surface area contributed by atoms with Gasteiger partial charge < -0.3 is 20.4 Å². The highest BCUT2D eigenvalue weighted by Gasteiger charge is 2.39. The summed E-state index contributed by atoms with van der Waals surface area (Å²) in [5.41, 5.74) is 6.06. The third-order valence-electron chi connectivity index (χ3n) is 3.48. The summed E-state index contributed by atoms with van der Waals surface area (Å²) in [4.78, 5) is 13.8. The Labute approximate surface area is 114 Å². The minimum atomic E-state index is -0.393. The van der Waals surface area contributed by atoms with Crippen molar-refractivity contribution in [1.29, 1.82) is 0 Å². The van der Waals surface area contributed by atoms with Gasteiger partial charge in [0.25, 0.3) is 5.91 Å². The second-order valence-electron chi connectivity index (χ2n) is 4.36. The predicted molar refractivity (Wildman–Crippen MR) is 71.3 cm³/mol. The smallest absolute Gasteiger partial charge is 0.276 e. The molecular formula is C11H16N4O3S. The van der Waals surface area contributed by atoms with Crippen molar-refractivity contribution >= 4 is 23.5 Å². The normalized spacial score (nSPS) is 19.4. The van der Waals surface area contributed by atoms with Crippen LogP contribution in [0.15, 0.2) is 22.0 Å². The molecule has 0 spiro atoms. The maximum Gasteiger partial charge on any atom is 0.276 e. The summed E-state index contributed by atoms with van der Waals surface area (Å²) >= 11 is 1.55. The lowest BCUT2D eigenvalue weighted by Gasteiger charge is -2.39. The molecule has 3 N–H and O–H groups in total. The van der Waals surface area contributed by atoms with E-state index in [1.54, 1.807) is 22.7 Å². The number of amidine groups is 1. The van der Waals surface area contributed by atoms with E-state index in [0.717, 1.165) is 0 Å². The summed E-state index contributed by atoms with van der Waals surface area (Å²) in [5.74, 6) is 0.0662. The number of amides is 1. The fourth-order valence-corrected chi connectivity index (χ4v) is 3.05. The number of nitrogens with zero attached hydrogens (tertiary/aromatic N) is 3. The Kier molecular flexibility index (Phi) is 3.98. The summed E-state index contributed by atoms with van der Waals surface area (Å²) in [6.07, 6.45) is 4.59. The van der Waals surface area contributed by atoms with E-state index in [0.29, 0.717) is 31.6 Å². The van der Waals surface area contributed by atoms with Crippen LogP contribution >= 0.6 is 11.8 Å². The molecule has 1 amide bonds. The number of oxime groups is 1. The summed E-state index contributed by atoms with van der Waals surface area (Å²) in [6.45, 7) is 1.09. The summed E-state index contributed by atoms with van der Waals surface area (Å²) < 4.78 is 4.28. The van der Waals surface area contributed by atoms with Gasteiger partial charge in [0.05, 0.1) is 4.75 Å². The van der Waals surface area contributed by atoms with Crippen molar-refractivity contribution in [3.05, 3.63) is 18.0 Å². The Hall–Kier alpha value is -1.70. The van der Waals surface area contributed by atoms with Gasteiger partial charge in [-0.3, -0.25) is 4.79 Å². The fourth-order valence-electron chi connectivity index (χ4n) is 2.21. The molecule has 0 aliphatic carbocycles. The van der Waals surface area contributed by atoms with Gasteiger partial charge in [-0.25, -0.2) is 0 Å². The lowest BCUT2D eigenvalue weighted by atomic mass is 9.94. The molecule has 1 aliphatic heterocycles. The Morgan fingerprint density at radius 1 is 1.63 bits per heavy atom. The van der Waals surface area contributed by atoms with Crippen molar-refractivity contribution in [2.24, 2.45) is 10.9 Å². The van der Waals surface area contributed by atoms with Gasteiger partial charge in [0.1, 0.15) is 6.26 Å². The molecule has 0 unspecified atom stereocenters. The molecule has 1 aromatic heterocycles. The number of nitrogens with two attached hydrogens (primary N) is 1. The van der Waals surface area contributed by atoms with E-state index in [1.807, 2.05) is 6.26 Å². The largest absolute Gasteiger partial charge is 0.409 e. The summed E-state index contributed by atoms with van der Waals surface area (Å²) in [7, 11) is 0. The molecule has 104 valence electrons. The van der Waals surface area contributed by atoms with E-state index in [4.69, 9.17) is 10.9 Å². The second-order valence-corrected chi connectivity index (χ2v) is 5.55. The van der Waals surface area contributed by atoms with Crippen molar-refractivity contribution in [2.45, 2.75) is 17.6 Å². The first kappa shape index (κ1) is 13.7. The van der Waals surface area contributed by atoms with Crippen LogP contribution in [0.25, 0.3) is 0 Å². The van der Waals surface area contributed by atoms with E-state index in [2.05, 4.69) is 14.8 Å². The number of carbonyl (C=O) groups is 1. The number of thioether (sulfide) groups is 1. The number of hydrogen-bond acceptors (Lipinski definition) is 6. The van der Waals surface area contributed by atoms with Crippen LogP contribution in [-0.4, -0.2) is 51.1 Å². The minimum Gasteiger partial charge on any atom is -0.409 e. The van der Waals surface area contributed by atoms with Gasteiger partial charge in [-0.1, -0.05) is 10.3 Å². The number of aromatic nitrogens is 1. The second kappa shape index (κ2) is 5.52. The van der Waals surface area contributed by atoms with E-state index in [1.165, 1.54) is 6.26 Å². The molecule has 7 nitrogen and oxygen atoms in total. The van der Waals surface area contributed by atoms with Crippen molar-refractivity contribution in [2.75, 3.05) is 19.3 Å². The minimum absolute atomic E-state index is 0.150. The molecule has 1 aromatic rings. The lowest BCUT2D eigenvalue weighted by molar-refractivity contribution is 0.0707. The highest BCUT2D eigenvalue weighted by Crippen LogP contribution is 2.35. The van der Waals surface area contributed by atoms with E-state index < -0.39 is 4.75 Å². The first-order valence-electron chi connectivity index (χ1n) is 5.86. The highest BCUT2D eigenvalue weighted by atomic mass is 32.2. The maximum absolute atomic E-state index is 12.1. The first-order chi connectivity index (χ1) is 9.13. The first-order valence-corrected chi connectivity index (χ1v) is 7.08. The van der Waals surface area contributed by atoms with E-state index in [-0.39, 0.29) is 11.7 Å². The third kappa shape index (κ3) is 2.53. The van der Waals surface area contributed by atoms with Crippen molar-refractivity contribution in [3.8, 4) is 0 Å². The maximum atomic E-state index is 12.1. The van der Waals surface area contributed by atoms with Crippen molar-refractivity contribution < 1.29 is 14.5 Å². The predicted octanol–water partition coefficient (Wildman–Crippen LogP) is 0.759. The molecule has 0 saturated carbocycles. The van der Waals surface area contributed by atoms with Gasteiger partial charge >= 0.3 is 0 Å². The quantitative estimate of drug-likeness (QED) is 0.367. The summed E-state index contributed by atoms with van der Waals surface area (Å²) in [5, 5.41) is 15.6. The molecule has 0 radical (unpaired) electrons. The zero-order chi connectivity index (χ0) is 13.9. The Morgan fingerprint density at radius 2 is 2.32 bits per heavy atom. The summed E-state index contributed by atoms with van der Waals surface area (Å²) in [6, 6.07) is 1.54. The Bertz CT molecular complexity index is 466. The number of piperidine rings is 1. The highest BCUT2D eigenvalue weighted by molar-refractivity contribution is 8.00. The molecule has 1 aliphatic rings. The van der Waals surface area contributed by atoms with Crippen LogP contribution in [0, 0.1) is 0 Å². The van der Waals surface area contributed by atoms with Gasteiger partial charge in [-0.15, -0.1) is 0 Å². The molecule has 0 aromatic carbocycles. The molecule has 8 heteroatoms. The molecular weight excluding hydrogens is 268 g/mol. The molecule has 0 bridgehead atoms. The molecule has 1 fully saturated rings. The average Bonchev–Trinajstić information content (AvgIpc) is 3.00. The molecule has 0 atom stereocenters. The average molecular weight is 284 g/mol. The number of likely N-dealkylation sites (tertiary alicyclic amines) is 1. The standard InChI is InChI=1S/C11H16N4O3S/c1-19-11(10(12)13-17)3-5-15(6-4-11)9(16)8-2-7-18-14-8/h2,7,17H,3-6H2,1H3,(H2,12,13). The van der Waals surface area contributed by atoms with Crippen LogP contribution in [0.1, 0.15) is 23.3 Å². The molecule has 19 heavy (non-hydrogen) atoms. The molecule has 1 saturated heterocycles. The van der Waals surface area contributed by atoms with Gasteiger partial charge in [0.15, 0.2) is 11.5 Å². The SMILES string of the molecule is CSC1(C(N)=NO)CCN(C(=O)c2ccon2)CC1. The fraction of sp³-hybridized carbons (Fsp3) is 0.545. The Morgan fingerprint density at radius 3 is 2.79 bits per heavy atom. The Balaban J connectivity index is 2.04. The van der Waals surface area contributed by atoms with Gasteiger partial charge in [0.2, 0.25) is 0 Å². The topological polar surface area (TPSA) is 105 Å². The van der Waals surface area contributed by atoms with Crippen molar-refractivity contribution in [1.82, 2.24) is 10.1 Å².